The van der Waals surface area contributed by atoms with Crippen molar-refractivity contribution in [2.75, 3.05) is 45.5 Å². The number of ether oxygens (including phenoxy) is 1. The molecule has 0 unspecified atom stereocenters. The maximum atomic E-state index is 12.8. The molecule has 0 aromatic heterocycles. The van der Waals surface area contributed by atoms with Crippen LogP contribution in [0.15, 0.2) is 29.2 Å². The van der Waals surface area contributed by atoms with E-state index in [9.17, 15) is 13.2 Å². The number of amides is 2. The van der Waals surface area contributed by atoms with Crippen molar-refractivity contribution in [3.63, 3.8) is 0 Å². The van der Waals surface area contributed by atoms with Crippen molar-refractivity contribution in [3.05, 3.63) is 24.3 Å². The first-order valence-electron chi connectivity index (χ1n) is 10.1. The van der Waals surface area contributed by atoms with Gasteiger partial charge in [0.2, 0.25) is 0 Å². The zero-order valence-electron chi connectivity index (χ0n) is 16.4. The van der Waals surface area contributed by atoms with Gasteiger partial charge in [-0.3, -0.25) is 4.90 Å². The molecule has 1 saturated carbocycles. The topological polar surface area (TPSA) is 70.2 Å². The third-order valence-corrected chi connectivity index (χ3v) is 7.19. The van der Waals surface area contributed by atoms with Crippen LogP contribution in [0.3, 0.4) is 0 Å². The zero-order valence-corrected chi connectivity index (χ0v) is 17.2. The summed E-state index contributed by atoms with van der Waals surface area (Å²) in [7, 11) is -3.20. The first kappa shape index (κ1) is 19.5. The van der Waals surface area contributed by atoms with Crippen LogP contribution in [0.25, 0.3) is 0 Å². The molecule has 0 N–H and O–H groups in total. The number of hydrogen-bond acceptors (Lipinski definition) is 5. The Bertz CT molecular complexity index is 801. The third kappa shape index (κ3) is 4.27. The molecule has 1 aliphatic carbocycles. The van der Waals surface area contributed by atoms with Crippen molar-refractivity contribution in [3.8, 4) is 5.75 Å². The van der Waals surface area contributed by atoms with E-state index in [1.165, 1.54) is 25.5 Å². The van der Waals surface area contributed by atoms with Gasteiger partial charge in [-0.2, -0.15) is 0 Å². The summed E-state index contributed by atoms with van der Waals surface area (Å²) in [4.78, 5) is 19.4. The number of hydrogen-bond donors (Lipinski definition) is 0. The second kappa shape index (κ2) is 7.91. The van der Waals surface area contributed by atoms with Crippen molar-refractivity contribution >= 4 is 15.9 Å². The molecule has 28 heavy (non-hydrogen) atoms. The van der Waals surface area contributed by atoms with Crippen LogP contribution in [0.5, 0.6) is 5.75 Å². The predicted octanol–water partition coefficient (Wildman–Crippen LogP) is 1.83. The Morgan fingerprint density at radius 2 is 1.68 bits per heavy atom. The van der Waals surface area contributed by atoms with Crippen molar-refractivity contribution in [2.24, 2.45) is 0 Å². The van der Waals surface area contributed by atoms with Crippen molar-refractivity contribution in [1.82, 2.24) is 14.7 Å². The van der Waals surface area contributed by atoms with Crippen LogP contribution >= 0.6 is 0 Å². The summed E-state index contributed by atoms with van der Waals surface area (Å²) < 4.78 is 28.9. The van der Waals surface area contributed by atoms with Gasteiger partial charge < -0.3 is 14.5 Å². The van der Waals surface area contributed by atoms with Crippen molar-refractivity contribution in [1.29, 1.82) is 0 Å². The lowest BCUT2D eigenvalue weighted by molar-refractivity contribution is 0.0308. The minimum atomic E-state index is -3.20. The Morgan fingerprint density at radius 1 is 0.964 bits per heavy atom. The predicted molar refractivity (Wildman–Crippen MR) is 106 cm³/mol. The standard InChI is InChI=1S/C20H29N3O4S/c1-28(25,26)19-8-6-17(7-9-19)27-18-14-23(15-18)20(24)22-11-3-10-21(12-13-22)16-4-2-5-16/h6-9,16,18H,2-5,10-15H2,1H3. The third-order valence-electron chi connectivity index (χ3n) is 6.07. The first-order chi connectivity index (χ1) is 13.4. The molecule has 154 valence electrons. The summed E-state index contributed by atoms with van der Waals surface area (Å²) in [6.07, 6.45) is 6.16. The average molecular weight is 408 g/mol. The van der Waals surface area contributed by atoms with Crippen LogP contribution in [-0.2, 0) is 9.84 Å². The van der Waals surface area contributed by atoms with Gasteiger partial charge in [0.1, 0.15) is 11.9 Å². The number of nitrogens with zero attached hydrogens (tertiary/aromatic N) is 3. The molecule has 8 heteroatoms. The lowest BCUT2D eigenvalue weighted by Crippen LogP contribution is -2.60. The monoisotopic (exact) mass is 407 g/mol. The maximum Gasteiger partial charge on any atom is 0.320 e. The van der Waals surface area contributed by atoms with Gasteiger partial charge in [-0.25, -0.2) is 13.2 Å². The highest BCUT2D eigenvalue weighted by Gasteiger charge is 2.36. The molecule has 1 aromatic carbocycles. The minimum Gasteiger partial charge on any atom is -0.487 e. The molecule has 4 rings (SSSR count). The molecule has 1 aromatic rings. The molecule has 2 heterocycles. The van der Waals surface area contributed by atoms with E-state index in [1.54, 1.807) is 24.3 Å². The molecule has 3 fully saturated rings. The SMILES string of the molecule is CS(=O)(=O)c1ccc(OC2CN(C(=O)N3CCCN(C4CCC4)CC3)C2)cc1. The quantitative estimate of drug-likeness (QED) is 0.762. The van der Waals surface area contributed by atoms with Crippen LogP contribution < -0.4 is 4.74 Å². The van der Waals surface area contributed by atoms with E-state index in [-0.39, 0.29) is 17.0 Å². The van der Waals surface area contributed by atoms with Gasteiger partial charge in [0, 0.05) is 38.5 Å². The number of likely N-dealkylation sites (tertiary alicyclic amines) is 1. The normalized spacial score (nSPS) is 22.3. The second-order valence-corrected chi connectivity index (χ2v) is 10.1. The molecular weight excluding hydrogens is 378 g/mol. The fraction of sp³-hybridized carbons (Fsp3) is 0.650. The molecule has 0 radical (unpaired) electrons. The summed E-state index contributed by atoms with van der Waals surface area (Å²) in [5.41, 5.74) is 0. The lowest BCUT2D eigenvalue weighted by Gasteiger charge is -2.41. The number of carbonyl (C=O) groups excluding carboxylic acids is 1. The number of urea groups is 1. The van der Waals surface area contributed by atoms with Gasteiger partial charge >= 0.3 is 6.03 Å². The van der Waals surface area contributed by atoms with E-state index in [0.717, 1.165) is 38.6 Å². The van der Waals surface area contributed by atoms with Gasteiger partial charge in [0.25, 0.3) is 0 Å². The molecule has 2 aliphatic heterocycles. The molecule has 3 aliphatic rings. The van der Waals surface area contributed by atoms with Crippen LogP contribution in [0.1, 0.15) is 25.7 Å². The van der Waals surface area contributed by atoms with E-state index < -0.39 is 9.84 Å². The number of benzene rings is 1. The fourth-order valence-electron chi connectivity index (χ4n) is 4.07. The molecule has 2 amide bonds. The molecular formula is C20H29N3O4S. The average Bonchev–Trinajstić information content (AvgIpc) is 2.81. The van der Waals surface area contributed by atoms with Gasteiger partial charge in [-0.05, 0) is 43.5 Å². The molecule has 0 bridgehead atoms. The Kier molecular flexibility index (Phi) is 5.51. The smallest absolute Gasteiger partial charge is 0.320 e. The van der Waals surface area contributed by atoms with E-state index in [2.05, 4.69) is 4.90 Å². The van der Waals surface area contributed by atoms with Gasteiger partial charge in [0.05, 0.1) is 18.0 Å². The summed E-state index contributed by atoms with van der Waals surface area (Å²) in [5.74, 6) is 0.635. The van der Waals surface area contributed by atoms with Crippen molar-refractivity contribution in [2.45, 2.75) is 42.7 Å². The van der Waals surface area contributed by atoms with E-state index in [1.807, 2.05) is 9.80 Å². The van der Waals surface area contributed by atoms with Crippen LogP contribution in [0.4, 0.5) is 4.79 Å². The first-order valence-corrected chi connectivity index (χ1v) is 12.0. The van der Waals surface area contributed by atoms with Crippen LogP contribution in [-0.4, -0.2) is 86.8 Å². The molecule has 0 spiro atoms. The highest BCUT2D eigenvalue weighted by Crippen LogP contribution is 2.26. The highest BCUT2D eigenvalue weighted by atomic mass is 32.2. The summed E-state index contributed by atoms with van der Waals surface area (Å²) in [6, 6.07) is 7.30. The summed E-state index contributed by atoms with van der Waals surface area (Å²) >= 11 is 0. The number of sulfone groups is 1. The Hall–Kier alpha value is -1.80. The highest BCUT2D eigenvalue weighted by molar-refractivity contribution is 7.90. The Morgan fingerprint density at radius 3 is 2.29 bits per heavy atom. The van der Waals surface area contributed by atoms with Crippen LogP contribution in [0, 0.1) is 0 Å². The largest absolute Gasteiger partial charge is 0.487 e. The van der Waals surface area contributed by atoms with Crippen LogP contribution in [0.2, 0.25) is 0 Å². The minimum absolute atomic E-state index is 0.0357. The Balaban J connectivity index is 1.24. The van der Waals surface area contributed by atoms with Gasteiger partial charge in [0.15, 0.2) is 9.84 Å². The summed E-state index contributed by atoms with van der Waals surface area (Å²) in [5, 5.41) is 0. The molecule has 0 atom stereocenters. The number of carbonyl (C=O) groups is 1. The van der Waals surface area contributed by atoms with Gasteiger partial charge in [-0.1, -0.05) is 6.42 Å². The van der Waals surface area contributed by atoms with Crippen molar-refractivity contribution < 1.29 is 17.9 Å². The fourth-order valence-corrected chi connectivity index (χ4v) is 4.70. The van der Waals surface area contributed by atoms with Gasteiger partial charge in [-0.15, -0.1) is 0 Å². The molecule has 2 saturated heterocycles. The van der Waals surface area contributed by atoms with E-state index in [4.69, 9.17) is 4.74 Å². The van der Waals surface area contributed by atoms with E-state index >= 15 is 0 Å². The second-order valence-electron chi connectivity index (χ2n) is 8.13. The number of rotatable bonds is 4. The molecule has 7 nitrogen and oxygen atoms in total. The lowest BCUT2D eigenvalue weighted by atomic mass is 9.91. The summed E-state index contributed by atoms with van der Waals surface area (Å²) in [6.45, 7) is 4.88. The Labute approximate surface area is 167 Å². The van der Waals surface area contributed by atoms with E-state index in [0.29, 0.717) is 18.8 Å². The zero-order chi connectivity index (χ0) is 19.7. The maximum absolute atomic E-state index is 12.8.